The van der Waals surface area contributed by atoms with Crippen LogP contribution < -0.4 is 5.32 Å². The molecule has 0 aromatic heterocycles. The first kappa shape index (κ1) is 13.0. The fourth-order valence-electron chi connectivity index (χ4n) is 2.25. The van der Waals surface area contributed by atoms with Crippen LogP contribution in [0, 0.1) is 11.8 Å². The quantitative estimate of drug-likeness (QED) is 0.725. The van der Waals surface area contributed by atoms with Crippen LogP contribution in [0.3, 0.4) is 0 Å². The number of rotatable bonds is 4. The highest BCUT2D eigenvalue weighted by atomic mass is 16.5. The summed E-state index contributed by atoms with van der Waals surface area (Å²) in [5, 5.41) is 3.61. The van der Waals surface area contributed by atoms with Crippen LogP contribution in [-0.2, 0) is 4.74 Å². The molecule has 1 aliphatic rings. The predicted octanol–water partition coefficient (Wildman–Crippen LogP) is 2.83. The molecule has 1 saturated carbocycles. The Morgan fingerprint density at radius 3 is 2.33 bits per heavy atom. The minimum atomic E-state index is -0.00371. The van der Waals surface area contributed by atoms with E-state index in [2.05, 4.69) is 39.9 Å². The first-order valence-electron chi connectivity index (χ1n) is 6.27. The molecule has 1 N–H and O–H groups in total. The molecule has 15 heavy (non-hydrogen) atoms. The average molecular weight is 213 g/mol. The molecular weight excluding hydrogens is 186 g/mol. The molecule has 0 spiro atoms. The van der Waals surface area contributed by atoms with Gasteiger partial charge in [0.1, 0.15) is 0 Å². The third kappa shape index (κ3) is 4.52. The van der Waals surface area contributed by atoms with Crippen molar-refractivity contribution in [2.45, 2.75) is 59.1 Å². The van der Waals surface area contributed by atoms with E-state index in [9.17, 15) is 0 Å². The fraction of sp³-hybridized carbons (Fsp3) is 1.00. The minimum absolute atomic E-state index is 0.00371. The summed E-state index contributed by atoms with van der Waals surface area (Å²) in [6.45, 7) is 12.8. The lowest BCUT2D eigenvalue weighted by atomic mass is 9.98. The zero-order chi connectivity index (χ0) is 11.5. The van der Waals surface area contributed by atoms with Crippen molar-refractivity contribution in [3.63, 3.8) is 0 Å². The van der Waals surface area contributed by atoms with E-state index in [1.54, 1.807) is 0 Å². The maximum absolute atomic E-state index is 5.69. The van der Waals surface area contributed by atoms with Gasteiger partial charge in [0.05, 0.1) is 12.2 Å². The smallest absolute Gasteiger partial charge is 0.0599 e. The molecule has 3 unspecified atom stereocenters. The van der Waals surface area contributed by atoms with Gasteiger partial charge >= 0.3 is 0 Å². The van der Waals surface area contributed by atoms with E-state index in [-0.39, 0.29) is 5.60 Å². The Morgan fingerprint density at radius 1 is 1.20 bits per heavy atom. The van der Waals surface area contributed by atoms with E-state index < -0.39 is 0 Å². The van der Waals surface area contributed by atoms with E-state index in [1.165, 1.54) is 12.8 Å². The van der Waals surface area contributed by atoms with Gasteiger partial charge in [0.25, 0.3) is 0 Å². The Balaban J connectivity index is 2.11. The van der Waals surface area contributed by atoms with Crippen molar-refractivity contribution in [1.82, 2.24) is 5.32 Å². The molecule has 0 amide bonds. The van der Waals surface area contributed by atoms with Gasteiger partial charge in [-0.2, -0.15) is 0 Å². The van der Waals surface area contributed by atoms with Gasteiger partial charge in [0.15, 0.2) is 0 Å². The van der Waals surface area contributed by atoms with Gasteiger partial charge in [-0.25, -0.2) is 0 Å². The van der Waals surface area contributed by atoms with Crippen molar-refractivity contribution < 1.29 is 4.74 Å². The summed E-state index contributed by atoms with van der Waals surface area (Å²) in [7, 11) is 0. The van der Waals surface area contributed by atoms with Gasteiger partial charge in [-0.05, 0) is 45.4 Å². The van der Waals surface area contributed by atoms with Crippen LogP contribution >= 0.6 is 0 Å². The van der Waals surface area contributed by atoms with Crippen molar-refractivity contribution in [2.75, 3.05) is 13.2 Å². The van der Waals surface area contributed by atoms with Crippen LogP contribution in [0.5, 0.6) is 0 Å². The van der Waals surface area contributed by atoms with Crippen molar-refractivity contribution in [1.29, 1.82) is 0 Å². The topological polar surface area (TPSA) is 21.3 Å². The zero-order valence-corrected chi connectivity index (χ0v) is 11.0. The number of hydrogen-bond donors (Lipinski definition) is 1. The molecule has 0 aromatic rings. The molecule has 0 radical (unpaired) electrons. The van der Waals surface area contributed by atoms with E-state index in [0.717, 1.165) is 25.0 Å². The molecule has 0 saturated heterocycles. The van der Waals surface area contributed by atoms with Gasteiger partial charge in [-0.1, -0.05) is 13.8 Å². The number of ether oxygens (including phenoxy) is 1. The third-order valence-corrected chi connectivity index (χ3v) is 3.51. The predicted molar refractivity (Wildman–Crippen MR) is 65.1 cm³/mol. The molecule has 2 nitrogen and oxygen atoms in total. The van der Waals surface area contributed by atoms with Crippen LogP contribution in [0.4, 0.5) is 0 Å². The maximum atomic E-state index is 5.69. The highest BCUT2D eigenvalue weighted by Gasteiger charge is 2.28. The van der Waals surface area contributed by atoms with Crippen LogP contribution in [-0.4, -0.2) is 24.8 Å². The highest BCUT2D eigenvalue weighted by molar-refractivity contribution is 4.84. The first-order chi connectivity index (χ1) is 6.90. The average Bonchev–Trinajstić information content (AvgIpc) is 2.42. The Kier molecular flexibility index (Phi) is 4.60. The van der Waals surface area contributed by atoms with Crippen molar-refractivity contribution >= 4 is 0 Å². The Hall–Kier alpha value is -0.0800. The lowest BCUT2D eigenvalue weighted by Gasteiger charge is -2.23. The maximum Gasteiger partial charge on any atom is 0.0599 e. The summed E-state index contributed by atoms with van der Waals surface area (Å²) >= 11 is 0. The molecule has 2 heteroatoms. The highest BCUT2D eigenvalue weighted by Crippen LogP contribution is 2.30. The van der Waals surface area contributed by atoms with Gasteiger partial charge in [0, 0.05) is 12.6 Å². The minimum Gasteiger partial charge on any atom is -0.375 e. The molecule has 0 aliphatic heterocycles. The summed E-state index contributed by atoms with van der Waals surface area (Å²) in [5.41, 5.74) is -0.00371. The lowest BCUT2D eigenvalue weighted by molar-refractivity contribution is -0.00197. The summed E-state index contributed by atoms with van der Waals surface area (Å²) in [6.07, 6.45) is 2.71. The van der Waals surface area contributed by atoms with E-state index in [0.29, 0.717) is 6.04 Å². The molecule has 1 aliphatic carbocycles. The van der Waals surface area contributed by atoms with Crippen molar-refractivity contribution in [3.8, 4) is 0 Å². The Labute approximate surface area is 94.8 Å². The molecule has 90 valence electrons. The second kappa shape index (κ2) is 5.31. The SMILES string of the molecule is CC1CCC(NCCOC(C)(C)C)C1C. The molecule has 0 heterocycles. The second-order valence-corrected chi connectivity index (χ2v) is 5.94. The van der Waals surface area contributed by atoms with Crippen LogP contribution in [0.15, 0.2) is 0 Å². The molecule has 3 atom stereocenters. The van der Waals surface area contributed by atoms with Gasteiger partial charge < -0.3 is 10.1 Å². The second-order valence-electron chi connectivity index (χ2n) is 5.94. The molecule has 0 bridgehead atoms. The largest absolute Gasteiger partial charge is 0.375 e. The van der Waals surface area contributed by atoms with E-state index in [1.807, 2.05) is 0 Å². The zero-order valence-electron chi connectivity index (χ0n) is 11.0. The molecule has 1 fully saturated rings. The van der Waals surface area contributed by atoms with Gasteiger partial charge in [-0.3, -0.25) is 0 Å². The molecular formula is C13H27NO. The molecule has 0 aromatic carbocycles. The lowest BCUT2D eigenvalue weighted by Crippen LogP contribution is -2.36. The van der Waals surface area contributed by atoms with E-state index in [4.69, 9.17) is 4.74 Å². The normalized spacial score (nSPS) is 32.2. The molecule has 1 rings (SSSR count). The summed E-state index contributed by atoms with van der Waals surface area (Å²) in [6, 6.07) is 0.712. The van der Waals surface area contributed by atoms with Crippen LogP contribution in [0.25, 0.3) is 0 Å². The summed E-state index contributed by atoms with van der Waals surface area (Å²) in [5.74, 6) is 1.70. The number of nitrogens with one attached hydrogen (secondary N) is 1. The van der Waals surface area contributed by atoms with Crippen LogP contribution in [0.2, 0.25) is 0 Å². The first-order valence-corrected chi connectivity index (χ1v) is 6.27. The van der Waals surface area contributed by atoms with Crippen LogP contribution in [0.1, 0.15) is 47.5 Å². The van der Waals surface area contributed by atoms with Gasteiger partial charge in [-0.15, -0.1) is 0 Å². The third-order valence-electron chi connectivity index (χ3n) is 3.51. The van der Waals surface area contributed by atoms with Crippen molar-refractivity contribution in [3.05, 3.63) is 0 Å². The van der Waals surface area contributed by atoms with Gasteiger partial charge in [0.2, 0.25) is 0 Å². The monoisotopic (exact) mass is 213 g/mol. The standard InChI is InChI=1S/C13H27NO/c1-10-6-7-12(11(10)2)14-8-9-15-13(3,4)5/h10-12,14H,6-9H2,1-5H3. The Bertz CT molecular complexity index is 185. The Morgan fingerprint density at radius 2 is 1.87 bits per heavy atom. The van der Waals surface area contributed by atoms with E-state index >= 15 is 0 Å². The summed E-state index contributed by atoms with van der Waals surface area (Å²) in [4.78, 5) is 0. The van der Waals surface area contributed by atoms with Crippen molar-refractivity contribution in [2.24, 2.45) is 11.8 Å². The fourth-order valence-corrected chi connectivity index (χ4v) is 2.25. The number of hydrogen-bond acceptors (Lipinski definition) is 2. The summed E-state index contributed by atoms with van der Waals surface area (Å²) < 4.78 is 5.69.